The van der Waals surface area contributed by atoms with Crippen LogP contribution in [0.2, 0.25) is 5.02 Å². The Morgan fingerprint density at radius 3 is 2.63 bits per heavy atom. The number of anilines is 1. The topological polar surface area (TPSA) is 100 Å². The molecule has 0 radical (unpaired) electrons. The van der Waals surface area contributed by atoms with Gasteiger partial charge in [0, 0.05) is 18.3 Å². The Morgan fingerprint density at radius 2 is 1.93 bits per heavy atom. The summed E-state index contributed by atoms with van der Waals surface area (Å²) in [4.78, 5) is 24.4. The van der Waals surface area contributed by atoms with E-state index in [9.17, 15) is 9.59 Å². The molecule has 0 bridgehead atoms. The van der Waals surface area contributed by atoms with Crippen LogP contribution in [-0.4, -0.2) is 38.5 Å². The van der Waals surface area contributed by atoms with Crippen molar-refractivity contribution in [3.8, 4) is 5.75 Å². The molecule has 9 nitrogen and oxygen atoms in total. The van der Waals surface area contributed by atoms with Crippen molar-refractivity contribution in [1.29, 1.82) is 0 Å². The number of aromatic nitrogens is 4. The molecular formula is C17H16ClN5O4. The monoisotopic (exact) mass is 389 g/mol. The van der Waals surface area contributed by atoms with Crippen molar-refractivity contribution < 1.29 is 19.1 Å². The number of methoxy groups -OCH3 is 1. The third kappa shape index (κ3) is 4.09. The molecule has 0 unspecified atom stereocenters. The number of aryl methyl sites for hydroxylation is 1. The van der Waals surface area contributed by atoms with E-state index in [0.717, 1.165) is 0 Å². The predicted molar refractivity (Wildman–Crippen MR) is 96.8 cm³/mol. The number of hydrogen-bond acceptors (Lipinski definition) is 6. The second kappa shape index (κ2) is 7.92. The zero-order valence-corrected chi connectivity index (χ0v) is 15.3. The van der Waals surface area contributed by atoms with Gasteiger partial charge in [-0.25, -0.2) is 9.48 Å². The molecule has 1 aromatic carbocycles. The van der Waals surface area contributed by atoms with Gasteiger partial charge in [0.05, 0.1) is 19.0 Å². The van der Waals surface area contributed by atoms with E-state index in [2.05, 4.69) is 15.5 Å². The largest absolute Gasteiger partial charge is 0.471 e. The zero-order chi connectivity index (χ0) is 19.4. The Bertz CT molecular complexity index is 964. The third-order valence-corrected chi connectivity index (χ3v) is 3.93. The van der Waals surface area contributed by atoms with Gasteiger partial charge in [-0.15, -0.1) is 0 Å². The van der Waals surface area contributed by atoms with Crippen molar-refractivity contribution in [2.24, 2.45) is 7.05 Å². The maximum Gasteiger partial charge on any atom is 0.358 e. The summed E-state index contributed by atoms with van der Waals surface area (Å²) in [6.07, 6.45) is 2.85. The number of nitrogens with zero attached hydrogens (tertiary/aromatic N) is 4. The minimum Gasteiger partial charge on any atom is -0.471 e. The average Bonchev–Trinajstić information content (AvgIpc) is 3.27. The lowest BCUT2D eigenvalue weighted by molar-refractivity contribution is 0.0589. The number of ether oxygens (including phenoxy) is 2. The summed E-state index contributed by atoms with van der Waals surface area (Å²) in [7, 11) is 2.83. The maximum absolute atomic E-state index is 12.6. The summed E-state index contributed by atoms with van der Waals surface area (Å²) in [5.74, 6) is -0.489. The van der Waals surface area contributed by atoms with Crippen LogP contribution < -0.4 is 10.1 Å². The van der Waals surface area contributed by atoms with E-state index in [1.165, 1.54) is 34.9 Å². The third-order valence-electron chi connectivity index (χ3n) is 3.68. The van der Waals surface area contributed by atoms with Crippen LogP contribution in [-0.2, 0) is 18.5 Å². The first-order chi connectivity index (χ1) is 13.0. The normalized spacial score (nSPS) is 10.5. The molecule has 0 aliphatic rings. The number of benzene rings is 1. The summed E-state index contributed by atoms with van der Waals surface area (Å²) in [6, 6.07) is 8.36. The fourth-order valence-electron chi connectivity index (χ4n) is 2.35. The Morgan fingerprint density at radius 1 is 1.19 bits per heavy atom. The lowest BCUT2D eigenvalue weighted by Crippen LogP contribution is -2.21. The van der Waals surface area contributed by atoms with Crippen LogP contribution in [0.4, 0.5) is 5.69 Å². The molecule has 27 heavy (non-hydrogen) atoms. The molecule has 3 rings (SSSR count). The van der Waals surface area contributed by atoms with E-state index >= 15 is 0 Å². The quantitative estimate of drug-likeness (QED) is 0.649. The van der Waals surface area contributed by atoms with E-state index in [1.807, 2.05) is 0 Å². The van der Waals surface area contributed by atoms with Crippen molar-refractivity contribution in [3.63, 3.8) is 0 Å². The highest BCUT2D eigenvalue weighted by Crippen LogP contribution is 2.18. The second-order valence-electron chi connectivity index (χ2n) is 5.42. The molecule has 0 fully saturated rings. The maximum atomic E-state index is 12.6. The van der Waals surface area contributed by atoms with Crippen LogP contribution in [0.15, 0.2) is 42.7 Å². The molecule has 0 saturated carbocycles. The molecule has 2 heterocycles. The average molecular weight is 390 g/mol. The molecule has 0 atom stereocenters. The first kappa shape index (κ1) is 18.5. The van der Waals surface area contributed by atoms with Crippen molar-refractivity contribution in [2.45, 2.75) is 6.73 Å². The highest BCUT2D eigenvalue weighted by atomic mass is 35.5. The van der Waals surface area contributed by atoms with Gasteiger partial charge in [-0.05, 0) is 30.3 Å². The smallest absolute Gasteiger partial charge is 0.358 e. The highest BCUT2D eigenvalue weighted by molar-refractivity contribution is 6.30. The van der Waals surface area contributed by atoms with Gasteiger partial charge in [-0.2, -0.15) is 10.2 Å². The van der Waals surface area contributed by atoms with Gasteiger partial charge in [0.15, 0.2) is 12.4 Å². The number of rotatable bonds is 6. The fraction of sp³-hybridized carbons (Fsp3) is 0.176. The van der Waals surface area contributed by atoms with Gasteiger partial charge in [0.25, 0.3) is 5.91 Å². The van der Waals surface area contributed by atoms with Gasteiger partial charge < -0.3 is 14.8 Å². The molecule has 0 aliphatic heterocycles. The van der Waals surface area contributed by atoms with Crippen LogP contribution in [0.5, 0.6) is 5.75 Å². The van der Waals surface area contributed by atoms with Crippen LogP contribution in [0.1, 0.15) is 21.0 Å². The Balaban J connectivity index is 1.73. The highest BCUT2D eigenvalue weighted by Gasteiger charge is 2.21. The number of amides is 1. The molecule has 0 saturated heterocycles. The predicted octanol–water partition coefficient (Wildman–Crippen LogP) is 2.35. The van der Waals surface area contributed by atoms with Crippen LogP contribution in [0, 0.1) is 0 Å². The molecule has 0 aliphatic carbocycles. The SMILES string of the molecule is COC(=O)c1c(NC(=O)c2ccnn2COc2ccc(Cl)cc2)cnn1C. The number of hydrogen-bond donors (Lipinski definition) is 1. The van der Waals surface area contributed by atoms with Gasteiger partial charge in [-0.3, -0.25) is 9.48 Å². The number of halogens is 1. The van der Waals surface area contributed by atoms with Gasteiger partial charge in [0.1, 0.15) is 11.4 Å². The Labute approximate surface area is 159 Å². The van der Waals surface area contributed by atoms with E-state index in [4.69, 9.17) is 21.1 Å². The van der Waals surface area contributed by atoms with Crippen molar-refractivity contribution in [2.75, 3.05) is 12.4 Å². The van der Waals surface area contributed by atoms with E-state index < -0.39 is 11.9 Å². The molecule has 2 aromatic heterocycles. The van der Waals surface area contributed by atoms with Crippen LogP contribution >= 0.6 is 11.6 Å². The van der Waals surface area contributed by atoms with Gasteiger partial charge >= 0.3 is 5.97 Å². The standard InChI is InChI=1S/C17H16ClN5O4/c1-22-15(17(25)26-2)13(9-20-22)21-16(24)14-7-8-19-23(14)10-27-12-5-3-11(18)4-6-12/h3-9H,10H2,1-2H3,(H,21,24). The molecule has 3 aromatic rings. The van der Waals surface area contributed by atoms with Gasteiger partial charge in [0.2, 0.25) is 0 Å². The van der Waals surface area contributed by atoms with Crippen molar-refractivity contribution >= 4 is 29.2 Å². The lowest BCUT2D eigenvalue weighted by atomic mass is 10.3. The van der Waals surface area contributed by atoms with E-state index in [-0.39, 0.29) is 23.8 Å². The number of carbonyl (C=O) groups is 2. The molecule has 140 valence electrons. The van der Waals surface area contributed by atoms with E-state index in [1.54, 1.807) is 31.3 Å². The summed E-state index contributed by atoms with van der Waals surface area (Å²) >= 11 is 5.84. The number of carbonyl (C=O) groups excluding carboxylic acids is 2. The Hall–Kier alpha value is -3.33. The lowest BCUT2D eigenvalue weighted by Gasteiger charge is -2.10. The first-order valence-electron chi connectivity index (χ1n) is 7.81. The Kier molecular flexibility index (Phi) is 5.41. The van der Waals surface area contributed by atoms with Crippen LogP contribution in [0.3, 0.4) is 0 Å². The minimum atomic E-state index is -0.607. The molecule has 1 amide bonds. The number of esters is 1. The molecule has 1 N–H and O–H groups in total. The second-order valence-corrected chi connectivity index (χ2v) is 5.86. The first-order valence-corrected chi connectivity index (χ1v) is 8.19. The van der Waals surface area contributed by atoms with Crippen LogP contribution in [0.25, 0.3) is 0 Å². The van der Waals surface area contributed by atoms with Crippen molar-refractivity contribution in [3.05, 3.63) is 59.1 Å². The molecule has 0 spiro atoms. The van der Waals surface area contributed by atoms with Gasteiger partial charge in [-0.1, -0.05) is 11.6 Å². The fourth-order valence-corrected chi connectivity index (χ4v) is 2.48. The summed E-state index contributed by atoms with van der Waals surface area (Å²) in [6.45, 7) is 0.0221. The molecule has 10 heteroatoms. The summed E-state index contributed by atoms with van der Waals surface area (Å²) < 4.78 is 13.0. The minimum absolute atomic E-state index is 0.0221. The zero-order valence-electron chi connectivity index (χ0n) is 14.5. The van der Waals surface area contributed by atoms with E-state index in [0.29, 0.717) is 10.8 Å². The summed E-state index contributed by atoms with van der Waals surface area (Å²) in [5.41, 5.74) is 0.624. The molecular weight excluding hydrogens is 374 g/mol. The van der Waals surface area contributed by atoms with Crippen molar-refractivity contribution in [1.82, 2.24) is 19.6 Å². The number of nitrogens with one attached hydrogen (secondary N) is 1. The summed E-state index contributed by atoms with van der Waals surface area (Å²) in [5, 5.41) is 11.3.